The summed E-state index contributed by atoms with van der Waals surface area (Å²) >= 11 is 0. The normalized spacial score (nSPS) is 27.5. The second kappa shape index (κ2) is 9.67. The van der Waals surface area contributed by atoms with Crippen molar-refractivity contribution in [3.63, 3.8) is 0 Å². The van der Waals surface area contributed by atoms with Crippen LogP contribution in [0, 0.1) is 23.7 Å². The summed E-state index contributed by atoms with van der Waals surface area (Å²) in [4.78, 5) is 26.2. The van der Waals surface area contributed by atoms with E-state index in [1.807, 2.05) is 12.1 Å². The maximum absolute atomic E-state index is 13.1. The van der Waals surface area contributed by atoms with Crippen molar-refractivity contribution in [1.82, 2.24) is 5.32 Å². The molecule has 0 spiro atoms. The lowest BCUT2D eigenvalue weighted by molar-refractivity contribution is -0.118. The number of anilines is 1. The smallest absolute Gasteiger partial charge is 0.251 e. The molecule has 2 aromatic carbocycles. The number of amides is 2. The molecule has 4 bridgehead atoms. The average Bonchev–Trinajstić information content (AvgIpc) is 2.83. The summed E-state index contributed by atoms with van der Waals surface area (Å²) < 4.78 is 5.18. The first kappa shape index (κ1) is 23.9. The van der Waals surface area contributed by atoms with Crippen LogP contribution in [0.15, 0.2) is 48.5 Å². The molecule has 1 atom stereocenters. The Kier molecular flexibility index (Phi) is 6.61. The fourth-order valence-corrected chi connectivity index (χ4v) is 7.29. The van der Waals surface area contributed by atoms with Gasteiger partial charge in [0.15, 0.2) is 0 Å². The Morgan fingerprint density at radius 1 is 0.914 bits per heavy atom. The number of methoxy groups -OCH3 is 1. The number of benzene rings is 2. The molecule has 5 nitrogen and oxygen atoms in total. The van der Waals surface area contributed by atoms with E-state index in [9.17, 15) is 9.59 Å². The fraction of sp³-hybridized carbons (Fsp3) is 0.533. The van der Waals surface area contributed by atoms with E-state index >= 15 is 0 Å². The molecule has 0 unspecified atom stereocenters. The Morgan fingerprint density at radius 3 is 2.00 bits per heavy atom. The standard InChI is InChI=1S/C30H38N2O3/c1-19(2)12-27(29(34)31-25-8-10-26(35-3)11-9-25)32-28(33)23-4-6-24(7-5-23)30-16-20-13-21(17-30)15-22(14-20)18-30/h4-11,19-22,27H,12-18H2,1-3H3,(H,31,34)(H,32,33)/t20?,21?,22?,27-,30?/m0/s1. The molecule has 4 aliphatic rings. The largest absolute Gasteiger partial charge is 0.497 e. The van der Waals surface area contributed by atoms with E-state index in [-0.39, 0.29) is 17.7 Å². The molecule has 0 heterocycles. The van der Waals surface area contributed by atoms with Crippen LogP contribution in [0.4, 0.5) is 5.69 Å². The van der Waals surface area contributed by atoms with Gasteiger partial charge in [0.25, 0.3) is 5.91 Å². The van der Waals surface area contributed by atoms with Crippen molar-refractivity contribution in [3.8, 4) is 5.75 Å². The quantitative estimate of drug-likeness (QED) is 0.497. The molecule has 0 radical (unpaired) electrons. The van der Waals surface area contributed by atoms with Crippen LogP contribution in [0.2, 0.25) is 0 Å². The molecular weight excluding hydrogens is 436 g/mol. The molecule has 2 N–H and O–H groups in total. The topological polar surface area (TPSA) is 67.4 Å². The first-order valence-corrected chi connectivity index (χ1v) is 13.2. The van der Waals surface area contributed by atoms with Gasteiger partial charge in [0.1, 0.15) is 11.8 Å². The van der Waals surface area contributed by atoms with E-state index in [1.54, 1.807) is 31.4 Å². The molecule has 35 heavy (non-hydrogen) atoms. The zero-order valence-corrected chi connectivity index (χ0v) is 21.2. The van der Waals surface area contributed by atoms with Crippen molar-refractivity contribution in [3.05, 3.63) is 59.7 Å². The minimum absolute atomic E-state index is 0.197. The summed E-state index contributed by atoms with van der Waals surface area (Å²) in [6, 6.07) is 14.9. The SMILES string of the molecule is COc1ccc(NC(=O)[C@H](CC(C)C)NC(=O)c2ccc(C34CC5CC(CC(C5)C3)C4)cc2)cc1. The van der Waals surface area contributed by atoms with Crippen LogP contribution in [-0.2, 0) is 10.2 Å². The van der Waals surface area contributed by atoms with E-state index in [0.29, 0.717) is 23.1 Å². The number of nitrogens with one attached hydrogen (secondary N) is 2. The minimum atomic E-state index is -0.604. The van der Waals surface area contributed by atoms with E-state index in [0.717, 1.165) is 23.5 Å². The molecule has 5 heteroatoms. The van der Waals surface area contributed by atoms with Gasteiger partial charge < -0.3 is 15.4 Å². The van der Waals surface area contributed by atoms with Gasteiger partial charge in [0.2, 0.25) is 5.91 Å². The lowest BCUT2D eigenvalue weighted by atomic mass is 9.48. The van der Waals surface area contributed by atoms with Crippen molar-refractivity contribution in [2.24, 2.45) is 23.7 Å². The number of hydrogen-bond donors (Lipinski definition) is 2. The number of ether oxygens (including phenoxy) is 1. The first-order valence-electron chi connectivity index (χ1n) is 13.2. The highest BCUT2D eigenvalue weighted by atomic mass is 16.5. The van der Waals surface area contributed by atoms with Crippen molar-refractivity contribution in [2.45, 2.75) is 70.3 Å². The molecule has 0 saturated heterocycles. The molecule has 4 aliphatic carbocycles. The van der Waals surface area contributed by atoms with Crippen LogP contribution in [-0.4, -0.2) is 25.0 Å². The molecule has 2 aromatic rings. The fourth-order valence-electron chi connectivity index (χ4n) is 7.29. The Hall–Kier alpha value is -2.82. The van der Waals surface area contributed by atoms with E-state index in [1.165, 1.54) is 44.1 Å². The van der Waals surface area contributed by atoms with Crippen LogP contribution in [0.1, 0.15) is 74.7 Å². The molecule has 0 aliphatic heterocycles. The van der Waals surface area contributed by atoms with Gasteiger partial charge in [-0.2, -0.15) is 0 Å². The third kappa shape index (κ3) is 5.10. The first-order chi connectivity index (χ1) is 16.8. The molecular formula is C30H38N2O3. The number of hydrogen-bond acceptors (Lipinski definition) is 3. The van der Waals surface area contributed by atoms with Gasteiger partial charge in [-0.1, -0.05) is 26.0 Å². The van der Waals surface area contributed by atoms with E-state index < -0.39 is 6.04 Å². The van der Waals surface area contributed by atoms with Gasteiger partial charge in [0.05, 0.1) is 7.11 Å². The summed E-state index contributed by atoms with van der Waals surface area (Å²) in [5.74, 6) is 3.27. The molecule has 4 saturated carbocycles. The summed E-state index contributed by atoms with van der Waals surface area (Å²) in [5, 5.41) is 5.92. The van der Waals surface area contributed by atoms with Gasteiger partial charge in [-0.25, -0.2) is 0 Å². The number of carbonyl (C=O) groups excluding carboxylic acids is 2. The van der Waals surface area contributed by atoms with Crippen molar-refractivity contribution in [1.29, 1.82) is 0 Å². The van der Waals surface area contributed by atoms with E-state index in [4.69, 9.17) is 4.74 Å². The average molecular weight is 475 g/mol. The lowest BCUT2D eigenvalue weighted by Gasteiger charge is -2.57. The highest BCUT2D eigenvalue weighted by Crippen LogP contribution is 2.60. The Morgan fingerprint density at radius 2 is 1.49 bits per heavy atom. The zero-order valence-electron chi connectivity index (χ0n) is 21.2. The summed E-state index contributed by atoms with van der Waals surface area (Å²) in [7, 11) is 1.61. The summed E-state index contributed by atoms with van der Waals surface area (Å²) in [6.45, 7) is 4.11. The van der Waals surface area contributed by atoms with Gasteiger partial charge in [-0.05, 0) is 116 Å². The molecule has 4 fully saturated rings. The third-order valence-corrected chi connectivity index (χ3v) is 8.48. The van der Waals surface area contributed by atoms with Crippen molar-refractivity contribution >= 4 is 17.5 Å². The predicted octanol–water partition coefficient (Wildman–Crippen LogP) is 5.95. The second-order valence-electron chi connectivity index (χ2n) is 11.6. The molecule has 6 rings (SSSR count). The van der Waals surface area contributed by atoms with Crippen LogP contribution >= 0.6 is 0 Å². The molecule has 186 valence electrons. The Bertz CT molecular complexity index is 1020. The maximum Gasteiger partial charge on any atom is 0.251 e. The van der Waals surface area contributed by atoms with Crippen LogP contribution in [0.3, 0.4) is 0 Å². The monoisotopic (exact) mass is 474 g/mol. The minimum Gasteiger partial charge on any atom is -0.497 e. The Labute approximate surface area is 209 Å². The van der Waals surface area contributed by atoms with E-state index in [2.05, 4.69) is 36.6 Å². The molecule has 0 aromatic heterocycles. The van der Waals surface area contributed by atoms with Gasteiger partial charge in [-0.15, -0.1) is 0 Å². The summed E-state index contributed by atoms with van der Waals surface area (Å²) in [6.07, 6.45) is 8.78. The predicted molar refractivity (Wildman–Crippen MR) is 139 cm³/mol. The van der Waals surface area contributed by atoms with Gasteiger partial charge in [-0.3, -0.25) is 9.59 Å². The van der Waals surface area contributed by atoms with Gasteiger partial charge >= 0.3 is 0 Å². The van der Waals surface area contributed by atoms with Gasteiger partial charge in [0, 0.05) is 11.3 Å². The lowest BCUT2D eigenvalue weighted by Crippen LogP contribution is -2.48. The number of carbonyl (C=O) groups is 2. The van der Waals surface area contributed by atoms with Crippen LogP contribution < -0.4 is 15.4 Å². The third-order valence-electron chi connectivity index (χ3n) is 8.48. The van der Waals surface area contributed by atoms with Crippen LogP contribution in [0.25, 0.3) is 0 Å². The molecule has 2 amide bonds. The number of rotatable bonds is 8. The van der Waals surface area contributed by atoms with Crippen molar-refractivity contribution in [2.75, 3.05) is 12.4 Å². The Balaban J connectivity index is 1.26. The highest BCUT2D eigenvalue weighted by Gasteiger charge is 2.51. The van der Waals surface area contributed by atoms with Crippen molar-refractivity contribution < 1.29 is 14.3 Å². The second-order valence-corrected chi connectivity index (χ2v) is 11.6. The summed E-state index contributed by atoms with van der Waals surface area (Å²) in [5.41, 5.74) is 3.02. The maximum atomic E-state index is 13.1. The van der Waals surface area contributed by atoms with Crippen LogP contribution in [0.5, 0.6) is 5.75 Å². The highest BCUT2D eigenvalue weighted by molar-refractivity contribution is 6.01. The zero-order chi connectivity index (χ0) is 24.6.